The lowest BCUT2D eigenvalue weighted by molar-refractivity contribution is -0.0396. The zero-order valence-corrected chi connectivity index (χ0v) is 31.1. The van der Waals surface area contributed by atoms with Crippen LogP contribution in [-0.2, 0) is 12.8 Å². The van der Waals surface area contributed by atoms with Gasteiger partial charge in [0.2, 0.25) is 0 Å². The number of nitrogens with one attached hydrogen (secondary N) is 2. The summed E-state index contributed by atoms with van der Waals surface area (Å²) in [6.07, 6.45) is 1.25. The first kappa shape index (κ1) is 41.9. The van der Waals surface area contributed by atoms with E-state index in [1.54, 1.807) is 9.80 Å². The topological polar surface area (TPSA) is 122 Å². The van der Waals surface area contributed by atoms with Crippen molar-refractivity contribution in [2.75, 3.05) is 26.2 Å². The maximum absolute atomic E-state index is 14.7. The number of benzene rings is 4. The van der Waals surface area contributed by atoms with Crippen molar-refractivity contribution < 1.29 is 42.2 Å². The molecule has 0 spiro atoms. The summed E-state index contributed by atoms with van der Waals surface area (Å²) >= 11 is 0. The molecule has 4 aromatic rings. The number of unbranched alkanes of at least 4 members (excludes halogenated alkanes) is 4. The molecule has 0 unspecified atom stereocenters. The monoisotopic (exact) mass is 776 g/mol. The van der Waals surface area contributed by atoms with Gasteiger partial charge in [-0.2, -0.15) is 0 Å². The Morgan fingerprint density at radius 1 is 0.536 bits per heavy atom. The van der Waals surface area contributed by atoms with E-state index in [9.17, 15) is 42.2 Å². The van der Waals surface area contributed by atoms with Gasteiger partial charge in [-0.15, -0.1) is 0 Å². The van der Waals surface area contributed by atoms with E-state index in [2.05, 4.69) is 10.6 Å². The average molecular weight is 777 g/mol. The van der Waals surface area contributed by atoms with Gasteiger partial charge in [0.25, 0.3) is 11.8 Å². The van der Waals surface area contributed by atoms with Crippen LogP contribution in [0.5, 0.6) is 0 Å². The highest BCUT2D eigenvalue weighted by atomic mass is 19.1. The number of aliphatic hydroxyl groups is 2. The second-order valence-electron chi connectivity index (χ2n) is 14.1. The SMILES string of the molecule is O=C(NCCCCCN1C(=O)N(CCCCCNC(=O)c2cc(F)cc(F)c2)[C@H](Cc2ccccc2)[C@H](O)[C@@H](O)[C@H]1Cc1ccccc1)c1cc(F)cc(F)c1. The lowest BCUT2D eigenvalue weighted by Crippen LogP contribution is -2.51. The van der Waals surface area contributed by atoms with Crippen molar-refractivity contribution in [2.24, 2.45) is 0 Å². The predicted octanol–water partition coefficient (Wildman–Crippen LogP) is 6.43. The standard InChI is InChI=1S/C43H48F4N4O5/c44-33-23-31(24-34(45)27-33)41(54)48-17-9-3-11-19-50-37(21-29-13-5-1-6-14-29)39(52)40(53)38(22-30-15-7-2-8-16-30)51(43(50)56)20-12-4-10-18-49-42(55)32-25-35(46)28-36(47)26-32/h1-2,5-8,13-16,23-28,37-40,52-53H,3-4,9-12,17-22H2,(H,48,54)(H,49,55)/t37-,38-,39+,40+/m1/s1. The van der Waals surface area contributed by atoms with Crippen LogP contribution in [0.25, 0.3) is 0 Å². The lowest BCUT2D eigenvalue weighted by atomic mass is 9.91. The minimum absolute atomic E-state index is 0.121. The number of halogens is 4. The second kappa shape index (κ2) is 20.6. The van der Waals surface area contributed by atoms with Gasteiger partial charge in [0, 0.05) is 49.4 Å². The van der Waals surface area contributed by atoms with Gasteiger partial charge < -0.3 is 30.6 Å². The van der Waals surface area contributed by atoms with Crippen LogP contribution >= 0.6 is 0 Å². The van der Waals surface area contributed by atoms with Gasteiger partial charge in [-0.05, 0) is 86.8 Å². The third kappa shape index (κ3) is 11.9. The number of hydrogen-bond donors (Lipinski definition) is 4. The molecule has 0 aliphatic carbocycles. The molecule has 56 heavy (non-hydrogen) atoms. The third-order valence-corrected chi connectivity index (χ3v) is 9.98. The maximum atomic E-state index is 14.7. The van der Waals surface area contributed by atoms with Crippen molar-refractivity contribution in [3.63, 3.8) is 0 Å². The number of amides is 4. The molecular formula is C43H48F4N4O5. The fourth-order valence-electron chi connectivity index (χ4n) is 7.11. The van der Waals surface area contributed by atoms with E-state index in [-0.39, 0.29) is 43.3 Å². The van der Waals surface area contributed by atoms with Crippen LogP contribution in [0.15, 0.2) is 97.1 Å². The fraction of sp³-hybridized carbons (Fsp3) is 0.372. The molecule has 13 heteroatoms. The first-order chi connectivity index (χ1) is 27.0. The largest absolute Gasteiger partial charge is 0.388 e. The summed E-state index contributed by atoms with van der Waals surface area (Å²) in [5, 5.41) is 29.0. The zero-order chi connectivity index (χ0) is 40.0. The lowest BCUT2D eigenvalue weighted by Gasteiger charge is -2.36. The van der Waals surface area contributed by atoms with Gasteiger partial charge in [0.1, 0.15) is 35.5 Å². The van der Waals surface area contributed by atoms with Crippen molar-refractivity contribution >= 4 is 17.8 Å². The molecule has 1 fully saturated rings. The Hall–Kier alpha value is -5.27. The van der Waals surface area contributed by atoms with Crippen molar-refractivity contribution in [1.82, 2.24) is 20.4 Å². The summed E-state index contributed by atoms with van der Waals surface area (Å²) in [5.41, 5.74) is 1.53. The summed E-state index contributed by atoms with van der Waals surface area (Å²) in [6, 6.07) is 22.2. The number of aliphatic hydroxyl groups excluding tert-OH is 2. The van der Waals surface area contributed by atoms with Gasteiger partial charge >= 0.3 is 6.03 Å². The number of rotatable bonds is 18. The Morgan fingerprint density at radius 2 is 0.893 bits per heavy atom. The Balaban J connectivity index is 1.26. The van der Waals surface area contributed by atoms with E-state index in [1.165, 1.54) is 0 Å². The molecule has 4 atom stereocenters. The van der Waals surface area contributed by atoms with Crippen LogP contribution in [0.2, 0.25) is 0 Å². The van der Waals surface area contributed by atoms with E-state index in [4.69, 9.17) is 0 Å². The molecule has 5 rings (SSSR count). The van der Waals surface area contributed by atoms with Crippen LogP contribution in [0.3, 0.4) is 0 Å². The zero-order valence-electron chi connectivity index (χ0n) is 31.1. The van der Waals surface area contributed by atoms with Crippen LogP contribution in [-0.4, -0.2) is 88.3 Å². The average Bonchev–Trinajstić information content (AvgIpc) is 3.23. The van der Waals surface area contributed by atoms with Crippen LogP contribution < -0.4 is 10.6 Å². The van der Waals surface area contributed by atoms with Crippen molar-refractivity contribution in [3.05, 3.63) is 143 Å². The third-order valence-electron chi connectivity index (χ3n) is 9.98. The Labute approximate surface area is 324 Å². The van der Waals surface area contributed by atoms with Crippen molar-refractivity contribution in [2.45, 2.75) is 75.7 Å². The normalized spacial score (nSPS) is 18.4. The molecule has 4 N–H and O–H groups in total. The quantitative estimate of drug-likeness (QED) is 0.0687. The molecule has 1 heterocycles. The number of urea groups is 1. The number of hydrogen-bond acceptors (Lipinski definition) is 5. The Kier molecular flexibility index (Phi) is 15.4. The summed E-state index contributed by atoms with van der Waals surface area (Å²) in [5.74, 6) is -4.59. The van der Waals surface area contributed by atoms with Gasteiger partial charge in [-0.1, -0.05) is 60.7 Å². The number of carbonyl (C=O) groups is 3. The molecule has 1 aliphatic rings. The van der Waals surface area contributed by atoms with Gasteiger partial charge in [-0.3, -0.25) is 9.59 Å². The van der Waals surface area contributed by atoms with E-state index in [0.717, 1.165) is 35.4 Å². The predicted molar refractivity (Wildman–Crippen MR) is 204 cm³/mol. The molecule has 4 aromatic carbocycles. The minimum atomic E-state index is -1.29. The first-order valence-electron chi connectivity index (χ1n) is 19.0. The van der Waals surface area contributed by atoms with Gasteiger partial charge in [0.05, 0.1) is 12.1 Å². The summed E-state index contributed by atoms with van der Waals surface area (Å²) in [4.78, 5) is 42.8. The van der Waals surface area contributed by atoms with Crippen LogP contribution in [0.1, 0.15) is 70.4 Å². The smallest absolute Gasteiger partial charge is 0.320 e. The van der Waals surface area contributed by atoms with E-state index < -0.39 is 59.4 Å². The van der Waals surface area contributed by atoms with Crippen molar-refractivity contribution in [1.29, 1.82) is 0 Å². The molecule has 4 amide bonds. The minimum Gasteiger partial charge on any atom is -0.388 e. The van der Waals surface area contributed by atoms with Crippen LogP contribution in [0, 0.1) is 23.3 Å². The van der Waals surface area contributed by atoms with E-state index in [0.29, 0.717) is 63.5 Å². The van der Waals surface area contributed by atoms with Gasteiger partial charge in [0.15, 0.2) is 0 Å². The van der Waals surface area contributed by atoms with E-state index >= 15 is 0 Å². The molecule has 0 bridgehead atoms. The highest BCUT2D eigenvalue weighted by molar-refractivity contribution is 5.94. The molecular weight excluding hydrogens is 728 g/mol. The fourth-order valence-corrected chi connectivity index (χ4v) is 7.11. The number of nitrogens with zero attached hydrogens (tertiary/aromatic N) is 2. The van der Waals surface area contributed by atoms with Crippen LogP contribution in [0.4, 0.5) is 22.4 Å². The molecule has 1 aliphatic heterocycles. The summed E-state index contributed by atoms with van der Waals surface area (Å²) in [6.45, 7) is 0.990. The highest BCUT2D eigenvalue weighted by Crippen LogP contribution is 2.28. The Bertz CT molecular complexity index is 1730. The molecule has 1 saturated heterocycles. The molecule has 9 nitrogen and oxygen atoms in total. The molecule has 298 valence electrons. The maximum Gasteiger partial charge on any atom is 0.320 e. The number of carbonyl (C=O) groups excluding carboxylic acids is 3. The van der Waals surface area contributed by atoms with Crippen molar-refractivity contribution in [3.8, 4) is 0 Å². The summed E-state index contributed by atoms with van der Waals surface area (Å²) in [7, 11) is 0. The first-order valence-corrected chi connectivity index (χ1v) is 19.0. The summed E-state index contributed by atoms with van der Waals surface area (Å²) < 4.78 is 54.4. The molecule has 0 radical (unpaired) electrons. The molecule has 0 aromatic heterocycles. The van der Waals surface area contributed by atoms with E-state index in [1.807, 2.05) is 60.7 Å². The Morgan fingerprint density at radius 3 is 1.25 bits per heavy atom. The van der Waals surface area contributed by atoms with Gasteiger partial charge in [-0.25, -0.2) is 22.4 Å². The highest BCUT2D eigenvalue weighted by Gasteiger charge is 2.45. The molecule has 0 saturated carbocycles. The second-order valence-corrected chi connectivity index (χ2v) is 14.1.